The molecule has 0 aromatic heterocycles. The Bertz CT molecular complexity index is 428. The molecule has 1 atom stereocenters. The second kappa shape index (κ2) is 9.86. The predicted octanol–water partition coefficient (Wildman–Crippen LogP) is 2.56. The first-order valence-electron chi connectivity index (χ1n) is 6.39. The smallest absolute Gasteiger partial charge is 0.260 e. The van der Waals surface area contributed by atoms with E-state index in [-0.39, 0.29) is 18.3 Å². The zero-order valence-electron chi connectivity index (χ0n) is 12.0. The zero-order chi connectivity index (χ0) is 14.3. The maximum atomic E-state index is 11.8. The quantitative estimate of drug-likeness (QED) is 0.759. The number of carbonyl (C=O) groups excluding carboxylic acids is 1. The first kappa shape index (κ1) is 19.0. The summed E-state index contributed by atoms with van der Waals surface area (Å²) in [5.41, 5.74) is 1.04. The summed E-state index contributed by atoms with van der Waals surface area (Å²) >= 11 is 6.03. The highest BCUT2D eigenvalue weighted by Gasteiger charge is 2.15. The van der Waals surface area contributed by atoms with Crippen molar-refractivity contribution in [1.29, 1.82) is 0 Å². The summed E-state index contributed by atoms with van der Waals surface area (Å²) in [6.07, 6.45) is 0.328. The van der Waals surface area contributed by atoms with Crippen LogP contribution in [0.1, 0.15) is 18.9 Å². The molecule has 0 heterocycles. The van der Waals surface area contributed by atoms with E-state index in [4.69, 9.17) is 16.3 Å². The minimum absolute atomic E-state index is 0. The Hall–Kier alpha value is -0.970. The molecule has 0 aliphatic rings. The number of aryl methyl sites for hydroxylation is 1. The van der Waals surface area contributed by atoms with Gasteiger partial charge in [-0.1, -0.05) is 17.7 Å². The summed E-state index contributed by atoms with van der Waals surface area (Å²) in [4.78, 5) is 11.8. The van der Waals surface area contributed by atoms with Crippen molar-refractivity contribution in [2.75, 3.05) is 20.1 Å². The highest BCUT2D eigenvalue weighted by Crippen LogP contribution is 2.26. The lowest BCUT2D eigenvalue weighted by Gasteiger charge is -2.16. The number of rotatable bonds is 7. The van der Waals surface area contributed by atoms with Crippen LogP contribution in [0.2, 0.25) is 5.02 Å². The third-order valence-corrected chi connectivity index (χ3v) is 2.97. The van der Waals surface area contributed by atoms with Crippen LogP contribution in [-0.2, 0) is 4.79 Å². The van der Waals surface area contributed by atoms with Crippen molar-refractivity contribution in [3.63, 3.8) is 0 Å². The van der Waals surface area contributed by atoms with Gasteiger partial charge in [0.05, 0.1) is 5.02 Å². The van der Waals surface area contributed by atoms with Crippen molar-refractivity contribution in [3.05, 3.63) is 28.8 Å². The molecule has 1 rings (SSSR count). The highest BCUT2D eigenvalue weighted by molar-refractivity contribution is 6.32. The van der Waals surface area contributed by atoms with Crippen molar-refractivity contribution in [2.45, 2.75) is 26.4 Å². The van der Waals surface area contributed by atoms with Gasteiger partial charge in [-0.2, -0.15) is 0 Å². The molecular formula is C14H22Cl2N2O2. The fourth-order valence-electron chi connectivity index (χ4n) is 1.57. The van der Waals surface area contributed by atoms with Crippen molar-refractivity contribution in [1.82, 2.24) is 10.6 Å². The molecule has 0 aliphatic carbocycles. The van der Waals surface area contributed by atoms with Gasteiger partial charge in [-0.25, -0.2) is 0 Å². The Morgan fingerprint density at radius 2 is 2.10 bits per heavy atom. The molecule has 0 aliphatic heterocycles. The van der Waals surface area contributed by atoms with Crippen LogP contribution >= 0.6 is 24.0 Å². The first-order chi connectivity index (χ1) is 9.04. The number of hydrogen-bond donors (Lipinski definition) is 2. The van der Waals surface area contributed by atoms with E-state index in [1.807, 2.05) is 26.1 Å². The monoisotopic (exact) mass is 320 g/mol. The molecule has 0 saturated heterocycles. The Morgan fingerprint density at radius 3 is 2.75 bits per heavy atom. The number of benzene rings is 1. The summed E-state index contributed by atoms with van der Waals surface area (Å²) in [5.74, 6) is 0.410. The highest BCUT2D eigenvalue weighted by atomic mass is 35.5. The molecule has 0 bridgehead atoms. The van der Waals surface area contributed by atoms with Gasteiger partial charge in [-0.15, -0.1) is 12.4 Å². The largest absolute Gasteiger partial charge is 0.479 e. The van der Waals surface area contributed by atoms with Crippen LogP contribution in [0.15, 0.2) is 18.2 Å². The second-order valence-corrected chi connectivity index (χ2v) is 4.85. The minimum Gasteiger partial charge on any atom is -0.479 e. The van der Waals surface area contributed by atoms with E-state index in [9.17, 15) is 4.79 Å². The number of carbonyl (C=O) groups is 1. The van der Waals surface area contributed by atoms with E-state index in [0.29, 0.717) is 17.3 Å². The number of amides is 1. The fraction of sp³-hybridized carbons (Fsp3) is 0.500. The van der Waals surface area contributed by atoms with Crippen LogP contribution in [0, 0.1) is 6.92 Å². The third kappa shape index (κ3) is 6.46. The van der Waals surface area contributed by atoms with Gasteiger partial charge in [0.1, 0.15) is 5.75 Å². The molecule has 1 amide bonds. The summed E-state index contributed by atoms with van der Waals surface area (Å²) in [6, 6.07) is 5.49. The maximum Gasteiger partial charge on any atom is 0.260 e. The molecule has 1 aromatic rings. The van der Waals surface area contributed by atoms with Gasteiger partial charge in [-0.05, 0) is 51.6 Å². The van der Waals surface area contributed by atoms with Gasteiger partial charge in [0.25, 0.3) is 5.91 Å². The lowest BCUT2D eigenvalue weighted by atomic mass is 10.2. The summed E-state index contributed by atoms with van der Waals surface area (Å²) in [5, 5.41) is 6.36. The Kier molecular flexibility index (Phi) is 9.38. The lowest BCUT2D eigenvalue weighted by Crippen LogP contribution is -2.37. The normalized spacial score (nSPS) is 11.4. The molecule has 20 heavy (non-hydrogen) atoms. The average Bonchev–Trinajstić information content (AvgIpc) is 2.38. The molecule has 0 radical (unpaired) electrons. The van der Waals surface area contributed by atoms with Gasteiger partial charge < -0.3 is 15.4 Å². The van der Waals surface area contributed by atoms with Crippen LogP contribution in [0.3, 0.4) is 0 Å². The predicted molar refractivity (Wildman–Crippen MR) is 85.1 cm³/mol. The van der Waals surface area contributed by atoms with Crippen LogP contribution in [0.25, 0.3) is 0 Å². The van der Waals surface area contributed by atoms with Crippen molar-refractivity contribution >= 4 is 29.9 Å². The molecule has 1 unspecified atom stereocenters. The SMILES string of the molecule is CNCCCNC(=O)C(C)Oc1cc(C)ccc1Cl.Cl. The zero-order valence-corrected chi connectivity index (χ0v) is 13.6. The number of nitrogens with one attached hydrogen (secondary N) is 2. The summed E-state index contributed by atoms with van der Waals surface area (Å²) < 4.78 is 5.59. The Morgan fingerprint density at radius 1 is 1.40 bits per heavy atom. The summed E-state index contributed by atoms with van der Waals surface area (Å²) in [6.45, 7) is 5.17. The number of hydrogen-bond acceptors (Lipinski definition) is 3. The van der Waals surface area contributed by atoms with Crippen LogP contribution in [0.5, 0.6) is 5.75 Å². The standard InChI is InChI=1S/C14H21ClN2O2.ClH/c1-10-5-6-12(15)13(9-10)19-11(2)14(18)17-8-4-7-16-3;/h5-6,9,11,16H,4,7-8H2,1-3H3,(H,17,18);1H. The maximum absolute atomic E-state index is 11.8. The van der Waals surface area contributed by atoms with Crippen LogP contribution in [-0.4, -0.2) is 32.1 Å². The topological polar surface area (TPSA) is 50.4 Å². The molecule has 0 saturated carbocycles. The molecule has 1 aromatic carbocycles. The molecule has 2 N–H and O–H groups in total. The average molecular weight is 321 g/mol. The van der Waals surface area contributed by atoms with Gasteiger partial charge in [-0.3, -0.25) is 4.79 Å². The Balaban J connectivity index is 0.00000361. The van der Waals surface area contributed by atoms with Crippen LogP contribution in [0.4, 0.5) is 0 Å². The third-order valence-electron chi connectivity index (χ3n) is 2.66. The van der Waals surface area contributed by atoms with E-state index < -0.39 is 6.10 Å². The molecule has 4 nitrogen and oxygen atoms in total. The van der Waals surface area contributed by atoms with Crippen molar-refractivity contribution < 1.29 is 9.53 Å². The van der Waals surface area contributed by atoms with Crippen molar-refractivity contribution in [3.8, 4) is 5.75 Å². The van der Waals surface area contributed by atoms with Gasteiger partial charge in [0.2, 0.25) is 0 Å². The summed E-state index contributed by atoms with van der Waals surface area (Å²) in [7, 11) is 1.88. The van der Waals surface area contributed by atoms with E-state index in [0.717, 1.165) is 18.5 Å². The second-order valence-electron chi connectivity index (χ2n) is 4.44. The van der Waals surface area contributed by atoms with E-state index in [2.05, 4.69) is 10.6 Å². The molecule has 114 valence electrons. The van der Waals surface area contributed by atoms with Gasteiger partial charge in [0, 0.05) is 6.54 Å². The Labute approximate surface area is 131 Å². The molecule has 6 heteroatoms. The van der Waals surface area contributed by atoms with E-state index >= 15 is 0 Å². The fourth-order valence-corrected chi connectivity index (χ4v) is 1.73. The van der Waals surface area contributed by atoms with Crippen LogP contribution < -0.4 is 15.4 Å². The number of ether oxygens (including phenoxy) is 1. The molecule has 0 spiro atoms. The van der Waals surface area contributed by atoms with E-state index in [1.165, 1.54) is 0 Å². The minimum atomic E-state index is -0.561. The molecular weight excluding hydrogens is 299 g/mol. The van der Waals surface area contributed by atoms with Gasteiger partial charge in [0.15, 0.2) is 6.10 Å². The van der Waals surface area contributed by atoms with Gasteiger partial charge >= 0.3 is 0 Å². The van der Waals surface area contributed by atoms with E-state index in [1.54, 1.807) is 13.0 Å². The first-order valence-corrected chi connectivity index (χ1v) is 6.77. The lowest BCUT2D eigenvalue weighted by molar-refractivity contribution is -0.127. The number of halogens is 2. The van der Waals surface area contributed by atoms with Crippen molar-refractivity contribution in [2.24, 2.45) is 0 Å². The molecule has 0 fully saturated rings.